The molecule has 0 saturated carbocycles. The van der Waals surface area contributed by atoms with Crippen molar-refractivity contribution in [2.75, 3.05) is 13.2 Å². The zero-order chi connectivity index (χ0) is 25.7. The highest BCUT2D eigenvalue weighted by Crippen LogP contribution is 2.44. The Kier molecular flexibility index (Phi) is 8.05. The van der Waals surface area contributed by atoms with Gasteiger partial charge in [0, 0.05) is 23.4 Å². The first kappa shape index (κ1) is 25.4. The number of nitrogens with zero attached hydrogens (tertiary/aromatic N) is 1. The average Bonchev–Trinajstić information content (AvgIpc) is 3.18. The fourth-order valence-corrected chi connectivity index (χ4v) is 5.15. The molecular formula is C28H27BrN2O5. The van der Waals surface area contributed by atoms with E-state index in [-0.39, 0.29) is 31.9 Å². The number of ether oxygens (including phenoxy) is 1. The predicted molar refractivity (Wildman–Crippen MR) is 139 cm³/mol. The van der Waals surface area contributed by atoms with Crippen LogP contribution in [0.2, 0.25) is 0 Å². The highest BCUT2D eigenvalue weighted by molar-refractivity contribution is 9.10. The van der Waals surface area contributed by atoms with Crippen LogP contribution in [0.3, 0.4) is 0 Å². The van der Waals surface area contributed by atoms with Crippen molar-refractivity contribution in [1.82, 2.24) is 4.90 Å². The summed E-state index contributed by atoms with van der Waals surface area (Å²) in [6, 6.07) is 22.5. The summed E-state index contributed by atoms with van der Waals surface area (Å²) in [6.45, 7) is 0.241. The lowest BCUT2D eigenvalue weighted by molar-refractivity contribution is -0.137. The molecule has 1 aliphatic rings. The molecule has 0 aromatic heterocycles. The van der Waals surface area contributed by atoms with E-state index in [1.165, 1.54) is 4.90 Å². The number of primary amides is 1. The quantitative estimate of drug-likeness (QED) is 0.370. The van der Waals surface area contributed by atoms with Crippen LogP contribution < -0.4 is 5.73 Å². The van der Waals surface area contributed by atoms with Crippen molar-refractivity contribution < 1.29 is 24.2 Å². The van der Waals surface area contributed by atoms with Gasteiger partial charge in [-0.15, -0.1) is 0 Å². The van der Waals surface area contributed by atoms with Gasteiger partial charge in [-0.05, 0) is 52.8 Å². The summed E-state index contributed by atoms with van der Waals surface area (Å²) in [5.74, 6) is -1.97. The maximum Gasteiger partial charge on any atom is 0.410 e. The van der Waals surface area contributed by atoms with Gasteiger partial charge < -0.3 is 15.6 Å². The lowest BCUT2D eigenvalue weighted by Gasteiger charge is -2.29. The molecule has 0 aliphatic heterocycles. The SMILES string of the molecule is NC(=O)[C@H](CCC(=O)O)N(CCc1cccc(Br)c1)C(=O)OCC1c2ccccc2-c2ccccc21. The molecule has 4 rings (SSSR count). The summed E-state index contributed by atoms with van der Waals surface area (Å²) in [6.07, 6.45) is -0.632. The fourth-order valence-electron chi connectivity index (χ4n) is 4.71. The first-order valence-corrected chi connectivity index (χ1v) is 12.5. The molecule has 0 saturated heterocycles. The van der Waals surface area contributed by atoms with Gasteiger partial charge in [0.15, 0.2) is 0 Å². The third-order valence-electron chi connectivity index (χ3n) is 6.44. The molecule has 0 fully saturated rings. The van der Waals surface area contributed by atoms with Crippen molar-refractivity contribution in [2.45, 2.75) is 31.2 Å². The Morgan fingerprint density at radius 3 is 2.19 bits per heavy atom. The van der Waals surface area contributed by atoms with Crippen molar-refractivity contribution in [1.29, 1.82) is 0 Å². The number of hydrogen-bond acceptors (Lipinski definition) is 4. The number of rotatable bonds is 10. The van der Waals surface area contributed by atoms with Crippen molar-refractivity contribution in [3.63, 3.8) is 0 Å². The summed E-state index contributed by atoms with van der Waals surface area (Å²) < 4.78 is 6.67. The van der Waals surface area contributed by atoms with E-state index in [2.05, 4.69) is 28.1 Å². The molecule has 1 atom stereocenters. The number of carbonyl (C=O) groups excluding carboxylic acids is 2. The number of aliphatic carboxylic acids is 1. The zero-order valence-corrected chi connectivity index (χ0v) is 21.2. The molecular weight excluding hydrogens is 524 g/mol. The smallest absolute Gasteiger partial charge is 0.410 e. The number of nitrogens with two attached hydrogens (primary N) is 1. The molecule has 0 radical (unpaired) electrons. The van der Waals surface area contributed by atoms with E-state index >= 15 is 0 Å². The van der Waals surface area contributed by atoms with Gasteiger partial charge in [0.25, 0.3) is 0 Å². The third kappa shape index (κ3) is 5.76. The molecule has 7 nitrogen and oxygen atoms in total. The molecule has 8 heteroatoms. The molecule has 0 spiro atoms. The van der Waals surface area contributed by atoms with E-state index in [0.29, 0.717) is 6.42 Å². The second kappa shape index (κ2) is 11.4. The topological polar surface area (TPSA) is 110 Å². The molecule has 186 valence electrons. The van der Waals surface area contributed by atoms with Crippen molar-refractivity contribution in [3.05, 3.63) is 94.0 Å². The Labute approximate surface area is 218 Å². The molecule has 0 unspecified atom stereocenters. The highest BCUT2D eigenvalue weighted by atomic mass is 79.9. The number of benzene rings is 3. The van der Waals surface area contributed by atoms with Gasteiger partial charge in [-0.25, -0.2) is 4.79 Å². The standard InChI is InChI=1S/C28H27BrN2O5/c29-19-7-5-6-18(16-19)14-15-31(25(27(30)34)12-13-26(32)33)28(35)36-17-24-22-10-3-1-8-20(22)21-9-2-4-11-23(21)24/h1-11,16,24-25H,12-15,17H2,(H2,30,34)(H,32,33)/t25-/m0/s1. The van der Waals surface area contributed by atoms with Crippen LogP contribution in [0, 0.1) is 0 Å². The lowest BCUT2D eigenvalue weighted by Crippen LogP contribution is -2.49. The van der Waals surface area contributed by atoms with Gasteiger partial charge in [-0.3, -0.25) is 14.5 Å². The molecule has 3 aromatic carbocycles. The Balaban J connectivity index is 1.54. The van der Waals surface area contributed by atoms with Gasteiger partial charge in [0.2, 0.25) is 5.91 Å². The number of carboxylic acid groups (broad SMARTS) is 1. The summed E-state index contributed by atoms with van der Waals surface area (Å²) in [5, 5.41) is 9.14. The van der Waals surface area contributed by atoms with E-state index in [1.54, 1.807) is 0 Å². The molecule has 3 N–H and O–H groups in total. The minimum Gasteiger partial charge on any atom is -0.481 e. The Morgan fingerprint density at radius 2 is 1.61 bits per heavy atom. The Hall–Kier alpha value is -3.65. The van der Waals surface area contributed by atoms with Gasteiger partial charge in [0.05, 0.1) is 0 Å². The molecule has 1 aliphatic carbocycles. The first-order valence-electron chi connectivity index (χ1n) is 11.7. The summed E-state index contributed by atoms with van der Waals surface area (Å²) >= 11 is 3.44. The monoisotopic (exact) mass is 550 g/mol. The van der Waals surface area contributed by atoms with Crippen molar-refractivity contribution in [3.8, 4) is 11.1 Å². The van der Waals surface area contributed by atoms with E-state index < -0.39 is 24.0 Å². The fraction of sp³-hybridized carbons (Fsp3) is 0.250. The van der Waals surface area contributed by atoms with Gasteiger partial charge in [0.1, 0.15) is 12.6 Å². The van der Waals surface area contributed by atoms with Crippen LogP contribution in [0.25, 0.3) is 11.1 Å². The summed E-state index contributed by atoms with van der Waals surface area (Å²) in [5.41, 5.74) is 10.9. The van der Waals surface area contributed by atoms with Crippen LogP contribution in [0.5, 0.6) is 0 Å². The summed E-state index contributed by atoms with van der Waals surface area (Å²) in [7, 11) is 0. The van der Waals surface area contributed by atoms with Crippen LogP contribution in [0.4, 0.5) is 4.79 Å². The largest absolute Gasteiger partial charge is 0.481 e. The molecule has 0 bridgehead atoms. The van der Waals surface area contributed by atoms with Crippen LogP contribution >= 0.6 is 15.9 Å². The van der Waals surface area contributed by atoms with Crippen molar-refractivity contribution in [2.24, 2.45) is 5.73 Å². The molecule has 0 heterocycles. The second-order valence-corrected chi connectivity index (χ2v) is 9.64. The Bertz CT molecular complexity index is 1230. The molecule has 2 amide bonds. The number of hydrogen-bond donors (Lipinski definition) is 2. The zero-order valence-electron chi connectivity index (χ0n) is 19.6. The minimum atomic E-state index is -1.09. The maximum atomic E-state index is 13.3. The van der Waals surface area contributed by atoms with Crippen LogP contribution in [0.1, 0.15) is 35.4 Å². The third-order valence-corrected chi connectivity index (χ3v) is 6.93. The molecule has 3 aromatic rings. The number of amides is 2. The molecule has 36 heavy (non-hydrogen) atoms. The van der Waals surface area contributed by atoms with Gasteiger partial charge in [-0.1, -0.05) is 76.6 Å². The number of halogens is 1. The van der Waals surface area contributed by atoms with Crippen LogP contribution in [-0.4, -0.2) is 47.2 Å². The van der Waals surface area contributed by atoms with Crippen LogP contribution in [0.15, 0.2) is 77.3 Å². The van der Waals surface area contributed by atoms with E-state index in [9.17, 15) is 14.4 Å². The number of fused-ring (bicyclic) bond motifs is 3. The van der Waals surface area contributed by atoms with E-state index in [4.69, 9.17) is 15.6 Å². The first-order chi connectivity index (χ1) is 17.3. The second-order valence-electron chi connectivity index (χ2n) is 8.73. The van der Waals surface area contributed by atoms with Crippen LogP contribution in [-0.2, 0) is 20.7 Å². The normalized spacial score (nSPS) is 12.9. The minimum absolute atomic E-state index is 0.0880. The van der Waals surface area contributed by atoms with E-state index in [0.717, 1.165) is 32.3 Å². The van der Waals surface area contributed by atoms with Crippen molar-refractivity contribution >= 4 is 33.9 Å². The van der Waals surface area contributed by atoms with E-state index in [1.807, 2.05) is 60.7 Å². The maximum absolute atomic E-state index is 13.3. The predicted octanol–water partition coefficient (Wildman–Crippen LogP) is 4.96. The summed E-state index contributed by atoms with van der Waals surface area (Å²) in [4.78, 5) is 38.1. The van der Waals surface area contributed by atoms with Gasteiger partial charge in [-0.2, -0.15) is 0 Å². The number of carboxylic acids is 1. The highest BCUT2D eigenvalue weighted by Gasteiger charge is 2.33. The average molecular weight is 551 g/mol. The number of carbonyl (C=O) groups is 3. The van der Waals surface area contributed by atoms with Gasteiger partial charge >= 0.3 is 12.1 Å². The lowest BCUT2D eigenvalue weighted by atomic mass is 9.98. The Morgan fingerprint density at radius 1 is 0.972 bits per heavy atom.